The van der Waals surface area contributed by atoms with E-state index >= 15 is 0 Å². The van der Waals surface area contributed by atoms with E-state index in [1.54, 1.807) is 51.7 Å². The van der Waals surface area contributed by atoms with Crippen molar-refractivity contribution < 1.29 is 22.6 Å². The van der Waals surface area contributed by atoms with Gasteiger partial charge < -0.3 is 19.5 Å². The number of hydrogen-bond acceptors (Lipinski definition) is 6. The zero-order chi connectivity index (χ0) is 26.3. The molecule has 1 heterocycles. The molecule has 1 aliphatic heterocycles. The van der Waals surface area contributed by atoms with Crippen molar-refractivity contribution in [3.63, 3.8) is 0 Å². The summed E-state index contributed by atoms with van der Waals surface area (Å²) in [7, 11) is 0.888. The highest BCUT2D eigenvalue weighted by molar-refractivity contribution is 7.92. The van der Waals surface area contributed by atoms with Crippen LogP contribution in [0.1, 0.15) is 29.5 Å². The fraction of sp³-hybridized carbons (Fsp3) is 0.259. The molecule has 0 radical (unpaired) electrons. The standard InChI is InChI=1S/C27H26Cl2N2O5S/c1-34-24-11-15(12-25(35-2)27(24)36-3)26-19-6-4-5-18(19)20-14-17(8-10-22(20)30-26)37(32,33)31-23-9-7-16(28)13-21(23)29/h4-5,7-14,18-19,26,30-31H,6H2,1-3H3/t18-,19+,26+/m0/s1. The van der Waals surface area contributed by atoms with Crippen molar-refractivity contribution in [2.75, 3.05) is 31.4 Å². The molecule has 0 saturated carbocycles. The van der Waals surface area contributed by atoms with Crippen molar-refractivity contribution in [1.29, 1.82) is 0 Å². The Kier molecular flexibility index (Phi) is 6.91. The van der Waals surface area contributed by atoms with Crippen LogP contribution in [0.25, 0.3) is 0 Å². The third kappa shape index (κ3) is 4.69. The molecule has 3 aromatic carbocycles. The lowest BCUT2D eigenvalue weighted by molar-refractivity contribution is 0.322. The zero-order valence-electron chi connectivity index (χ0n) is 20.4. The lowest BCUT2D eigenvalue weighted by Crippen LogP contribution is -2.29. The molecule has 2 aliphatic rings. The molecule has 2 N–H and O–H groups in total. The van der Waals surface area contributed by atoms with Crippen molar-refractivity contribution in [3.05, 3.63) is 81.9 Å². The molecule has 0 amide bonds. The van der Waals surface area contributed by atoms with Gasteiger partial charge in [0, 0.05) is 16.6 Å². The first-order chi connectivity index (χ1) is 17.7. The topological polar surface area (TPSA) is 85.9 Å². The second-order valence-electron chi connectivity index (χ2n) is 8.91. The van der Waals surface area contributed by atoms with Gasteiger partial charge in [0.15, 0.2) is 11.5 Å². The summed E-state index contributed by atoms with van der Waals surface area (Å²) in [6, 6.07) is 13.6. The molecule has 194 valence electrons. The number of sulfonamides is 1. The van der Waals surface area contributed by atoms with E-state index in [0.29, 0.717) is 22.3 Å². The average molecular weight is 561 g/mol. The summed E-state index contributed by atoms with van der Waals surface area (Å²) >= 11 is 12.1. The van der Waals surface area contributed by atoms with Gasteiger partial charge >= 0.3 is 0 Å². The minimum atomic E-state index is -3.88. The van der Waals surface area contributed by atoms with E-state index in [9.17, 15) is 8.42 Å². The predicted octanol–water partition coefficient (Wildman–Crippen LogP) is 6.65. The Labute approximate surface area is 226 Å². The van der Waals surface area contributed by atoms with Crippen molar-refractivity contribution in [2.45, 2.75) is 23.3 Å². The smallest absolute Gasteiger partial charge is 0.261 e. The lowest BCUT2D eigenvalue weighted by Gasteiger charge is -2.38. The molecule has 7 nitrogen and oxygen atoms in total. The average Bonchev–Trinajstić information content (AvgIpc) is 3.39. The van der Waals surface area contributed by atoms with Gasteiger partial charge in [-0.05, 0) is 72.0 Å². The third-order valence-corrected chi connectivity index (χ3v) is 8.78. The van der Waals surface area contributed by atoms with Crippen molar-refractivity contribution in [2.24, 2.45) is 5.92 Å². The van der Waals surface area contributed by atoms with Gasteiger partial charge in [-0.1, -0.05) is 35.4 Å². The molecule has 37 heavy (non-hydrogen) atoms. The quantitative estimate of drug-likeness (QED) is 0.315. The maximum Gasteiger partial charge on any atom is 0.261 e. The van der Waals surface area contributed by atoms with Crippen LogP contribution in [0.15, 0.2) is 65.6 Å². The molecular formula is C27H26Cl2N2O5S. The molecule has 0 bridgehead atoms. The fourth-order valence-corrected chi connectivity index (χ4v) is 6.75. The summed E-state index contributed by atoms with van der Waals surface area (Å²) < 4.78 is 45.6. The number of benzene rings is 3. The monoisotopic (exact) mass is 560 g/mol. The molecule has 3 atom stereocenters. The fourth-order valence-electron chi connectivity index (χ4n) is 5.13. The first-order valence-corrected chi connectivity index (χ1v) is 13.8. The number of fused-ring (bicyclic) bond motifs is 3. The Bertz CT molecular complexity index is 1470. The molecular weight excluding hydrogens is 535 g/mol. The molecule has 0 aromatic heterocycles. The van der Waals surface area contributed by atoms with Crippen molar-refractivity contribution in [1.82, 2.24) is 0 Å². The van der Waals surface area contributed by atoms with Crippen LogP contribution in [0.2, 0.25) is 10.0 Å². The van der Waals surface area contributed by atoms with Gasteiger partial charge in [0.05, 0.1) is 43.0 Å². The molecule has 0 saturated heterocycles. The van der Waals surface area contributed by atoms with Crippen LogP contribution >= 0.6 is 23.2 Å². The van der Waals surface area contributed by atoms with Crippen LogP contribution in [0, 0.1) is 5.92 Å². The van der Waals surface area contributed by atoms with Gasteiger partial charge in [-0.25, -0.2) is 8.42 Å². The van der Waals surface area contributed by atoms with Crippen molar-refractivity contribution in [3.8, 4) is 17.2 Å². The summed E-state index contributed by atoms with van der Waals surface area (Å²) in [5.41, 5.74) is 3.06. The molecule has 3 aromatic rings. The van der Waals surface area contributed by atoms with E-state index in [2.05, 4.69) is 22.2 Å². The Morgan fingerprint density at radius 3 is 2.32 bits per heavy atom. The molecule has 0 spiro atoms. The highest BCUT2D eigenvalue weighted by atomic mass is 35.5. The van der Waals surface area contributed by atoms with E-state index in [0.717, 1.165) is 23.2 Å². The lowest BCUT2D eigenvalue weighted by atomic mass is 9.77. The van der Waals surface area contributed by atoms with Gasteiger partial charge in [-0.3, -0.25) is 4.72 Å². The van der Waals surface area contributed by atoms with E-state index < -0.39 is 10.0 Å². The number of hydrogen-bond donors (Lipinski definition) is 2. The third-order valence-electron chi connectivity index (χ3n) is 6.87. The summed E-state index contributed by atoms with van der Waals surface area (Å²) in [5, 5.41) is 4.27. The largest absolute Gasteiger partial charge is 0.493 e. The van der Waals surface area contributed by atoms with Crippen LogP contribution in [-0.2, 0) is 10.0 Å². The first-order valence-electron chi connectivity index (χ1n) is 11.6. The van der Waals surface area contributed by atoms with Gasteiger partial charge in [-0.15, -0.1) is 0 Å². The first kappa shape index (κ1) is 25.6. The summed E-state index contributed by atoms with van der Waals surface area (Å²) in [5.74, 6) is 1.91. The number of anilines is 2. The molecule has 1 aliphatic carbocycles. The van der Waals surface area contributed by atoms with Crippen LogP contribution < -0.4 is 24.2 Å². The van der Waals surface area contributed by atoms with Crippen molar-refractivity contribution >= 4 is 44.6 Å². The highest BCUT2D eigenvalue weighted by Gasteiger charge is 2.39. The minimum absolute atomic E-state index is 0.0367. The number of methoxy groups -OCH3 is 3. The molecule has 5 rings (SSSR count). The number of ether oxygens (including phenoxy) is 3. The normalized spacial score (nSPS) is 20.0. The number of allylic oxidation sites excluding steroid dienone is 2. The molecule has 0 unspecified atom stereocenters. The Morgan fingerprint density at radius 1 is 0.946 bits per heavy atom. The maximum absolute atomic E-state index is 13.2. The van der Waals surface area contributed by atoms with E-state index in [1.165, 1.54) is 6.07 Å². The SMILES string of the molecule is COc1cc([C@H]2Nc3ccc(S(=O)(=O)Nc4ccc(Cl)cc4Cl)cc3[C@H]3C=CC[C@H]32)cc(OC)c1OC. The Morgan fingerprint density at radius 2 is 1.68 bits per heavy atom. The second-order valence-corrected chi connectivity index (χ2v) is 11.4. The van der Waals surface area contributed by atoms with Gasteiger partial charge in [0.2, 0.25) is 5.75 Å². The van der Waals surface area contributed by atoms with Crippen LogP contribution in [0.5, 0.6) is 17.2 Å². The molecule has 10 heteroatoms. The Balaban J connectivity index is 1.50. The van der Waals surface area contributed by atoms with E-state index in [-0.39, 0.29) is 33.5 Å². The number of rotatable bonds is 7. The van der Waals surface area contributed by atoms with Gasteiger partial charge in [-0.2, -0.15) is 0 Å². The minimum Gasteiger partial charge on any atom is -0.493 e. The summed E-state index contributed by atoms with van der Waals surface area (Å²) in [4.78, 5) is 0.157. The van der Waals surface area contributed by atoms with E-state index in [1.807, 2.05) is 12.1 Å². The summed E-state index contributed by atoms with van der Waals surface area (Å²) in [6.07, 6.45) is 5.13. The highest BCUT2D eigenvalue weighted by Crippen LogP contribution is 2.52. The van der Waals surface area contributed by atoms with Gasteiger partial charge in [0.25, 0.3) is 10.0 Å². The number of nitrogens with one attached hydrogen (secondary N) is 2. The van der Waals surface area contributed by atoms with Crippen LogP contribution in [0.3, 0.4) is 0 Å². The van der Waals surface area contributed by atoms with Crippen LogP contribution in [0.4, 0.5) is 11.4 Å². The molecule has 0 fully saturated rings. The predicted molar refractivity (Wildman–Crippen MR) is 146 cm³/mol. The Hall–Kier alpha value is -3.07. The second kappa shape index (κ2) is 10.0. The number of halogens is 2. The van der Waals surface area contributed by atoms with E-state index in [4.69, 9.17) is 37.4 Å². The summed E-state index contributed by atoms with van der Waals surface area (Å²) in [6.45, 7) is 0. The van der Waals surface area contributed by atoms with Gasteiger partial charge in [0.1, 0.15) is 0 Å². The maximum atomic E-state index is 13.2. The zero-order valence-corrected chi connectivity index (χ0v) is 22.7. The van der Waals surface area contributed by atoms with Crippen LogP contribution in [-0.4, -0.2) is 29.7 Å².